The van der Waals surface area contributed by atoms with Gasteiger partial charge in [0.1, 0.15) is 5.75 Å². The van der Waals surface area contributed by atoms with E-state index in [-0.39, 0.29) is 5.76 Å². The highest BCUT2D eigenvalue weighted by atomic mass is 16.5. The summed E-state index contributed by atoms with van der Waals surface area (Å²) in [4.78, 5) is 0. The van der Waals surface area contributed by atoms with Gasteiger partial charge in [-0.25, -0.2) is 0 Å². The van der Waals surface area contributed by atoms with Crippen molar-refractivity contribution in [3.05, 3.63) is 35.8 Å². The Morgan fingerprint density at radius 1 is 1.18 bits per heavy atom. The molecule has 0 amide bonds. The van der Waals surface area contributed by atoms with Crippen molar-refractivity contribution in [1.82, 2.24) is 0 Å². The van der Waals surface area contributed by atoms with E-state index in [1.54, 1.807) is 12.1 Å². The van der Waals surface area contributed by atoms with Gasteiger partial charge in [-0.05, 0) is 12.1 Å². The van der Waals surface area contributed by atoms with Gasteiger partial charge >= 0.3 is 5.95 Å². The summed E-state index contributed by atoms with van der Waals surface area (Å²) in [6.45, 7) is 0. The Bertz CT molecular complexity index is 324. The van der Waals surface area contributed by atoms with Crippen LogP contribution in [-0.2, 0) is 0 Å². The second kappa shape index (κ2) is 1.92. The Kier molecular flexibility index (Phi) is 1.06. The smallest absolute Gasteiger partial charge is 0.319 e. The van der Waals surface area contributed by atoms with Crippen LogP contribution in [0.2, 0.25) is 0 Å². The number of aliphatic hydroxyl groups is 2. The number of para-hydroxylation sites is 1. The lowest BCUT2D eigenvalue weighted by atomic mass is 10.1. The Morgan fingerprint density at radius 2 is 1.91 bits per heavy atom. The molecule has 0 bridgehead atoms. The third kappa shape index (κ3) is 0.741. The summed E-state index contributed by atoms with van der Waals surface area (Å²) >= 11 is 0. The highest BCUT2D eigenvalue weighted by Crippen LogP contribution is 2.38. The molecule has 0 saturated heterocycles. The zero-order valence-corrected chi connectivity index (χ0v) is 5.61. The minimum Gasteiger partial charge on any atom is -0.478 e. The first-order chi connectivity index (χ1) is 5.29. The summed E-state index contributed by atoms with van der Waals surface area (Å²) in [7, 11) is 0. The lowest BCUT2D eigenvalue weighted by molar-refractivity contribution is 0.179. The fourth-order valence-electron chi connectivity index (χ4n) is 1.03. The molecule has 0 saturated carbocycles. The van der Waals surface area contributed by atoms with Crippen molar-refractivity contribution in [2.75, 3.05) is 0 Å². The van der Waals surface area contributed by atoms with Crippen LogP contribution in [0.15, 0.2) is 30.2 Å². The number of fused-ring (bicyclic) bond motifs is 1. The van der Waals surface area contributed by atoms with Gasteiger partial charge in [-0.3, -0.25) is 0 Å². The summed E-state index contributed by atoms with van der Waals surface area (Å²) in [5.74, 6) is 0.0763. The quantitative estimate of drug-likeness (QED) is 0.554. The van der Waals surface area contributed by atoms with Crippen molar-refractivity contribution >= 4 is 5.76 Å². The van der Waals surface area contributed by atoms with E-state index in [2.05, 4.69) is 0 Å². The molecule has 1 aromatic rings. The van der Waals surface area contributed by atoms with E-state index >= 15 is 0 Å². The number of aliphatic hydroxyl groups excluding tert-OH is 1. The fourth-order valence-corrected chi connectivity index (χ4v) is 1.03. The maximum atomic E-state index is 8.63. The summed E-state index contributed by atoms with van der Waals surface area (Å²) in [6, 6.07) is 7.16. The third-order valence-corrected chi connectivity index (χ3v) is 1.55. The maximum Gasteiger partial charge on any atom is 0.319 e. The molecule has 2 N–H and O–H groups in total. The highest BCUT2D eigenvalue weighted by Gasteiger charge is 2.25. The van der Waals surface area contributed by atoms with Crippen LogP contribution in [0.3, 0.4) is 0 Å². The lowest BCUT2D eigenvalue weighted by Gasteiger charge is -2.21. The molecule has 0 atom stereocenters. The zero-order valence-electron chi connectivity index (χ0n) is 5.61. The lowest BCUT2D eigenvalue weighted by Crippen LogP contribution is -2.10. The van der Waals surface area contributed by atoms with Crippen LogP contribution < -0.4 is 4.74 Å². The van der Waals surface area contributed by atoms with Crippen LogP contribution in [0.4, 0.5) is 0 Å². The molecule has 1 heterocycles. The Labute approximate surface area is 63.2 Å². The maximum absolute atomic E-state index is 8.63. The molecule has 3 nitrogen and oxygen atoms in total. The molecule has 3 heteroatoms. The van der Waals surface area contributed by atoms with Crippen LogP contribution in [0.5, 0.6) is 5.75 Å². The molecule has 0 fully saturated rings. The first-order valence-electron chi connectivity index (χ1n) is 3.18. The topological polar surface area (TPSA) is 49.7 Å². The minimum absolute atomic E-state index is 0.153. The van der Waals surface area contributed by atoms with Gasteiger partial charge in [-0.1, -0.05) is 12.1 Å². The van der Waals surface area contributed by atoms with E-state index in [1.165, 1.54) is 0 Å². The van der Waals surface area contributed by atoms with E-state index in [0.29, 0.717) is 5.75 Å². The predicted octanol–water partition coefficient (Wildman–Crippen LogP) is 1.82. The van der Waals surface area contributed by atoms with E-state index < -0.39 is 5.95 Å². The van der Waals surface area contributed by atoms with Crippen LogP contribution in [0, 0.1) is 0 Å². The van der Waals surface area contributed by atoms with E-state index in [4.69, 9.17) is 14.9 Å². The van der Waals surface area contributed by atoms with Gasteiger partial charge in [0.2, 0.25) is 5.76 Å². The summed E-state index contributed by atoms with van der Waals surface area (Å²) in [6.07, 6.45) is 0. The van der Waals surface area contributed by atoms with Crippen molar-refractivity contribution in [3.8, 4) is 5.75 Å². The van der Waals surface area contributed by atoms with Crippen LogP contribution in [-0.4, -0.2) is 10.2 Å². The number of benzene rings is 1. The van der Waals surface area contributed by atoms with Crippen LogP contribution >= 0.6 is 0 Å². The molecular weight excluding hydrogens is 144 g/mol. The Balaban J connectivity index is 2.52. The number of ether oxygens (including phenoxy) is 1. The molecule has 0 aromatic heterocycles. The first-order valence-corrected chi connectivity index (χ1v) is 3.18. The SMILES string of the molecule is OC(O)=C1Oc2ccccc21. The van der Waals surface area contributed by atoms with Gasteiger partial charge in [0.05, 0.1) is 5.56 Å². The average Bonchev–Trinajstić information content (AvgIpc) is 1.90. The monoisotopic (exact) mass is 150 g/mol. The predicted molar refractivity (Wildman–Crippen MR) is 39.2 cm³/mol. The molecule has 1 aliphatic rings. The molecule has 0 radical (unpaired) electrons. The number of hydrogen-bond donors (Lipinski definition) is 2. The molecule has 2 rings (SSSR count). The number of rotatable bonds is 0. The van der Waals surface area contributed by atoms with E-state index in [9.17, 15) is 0 Å². The van der Waals surface area contributed by atoms with Gasteiger partial charge in [-0.2, -0.15) is 0 Å². The Morgan fingerprint density at radius 3 is 2.55 bits per heavy atom. The molecule has 0 aliphatic carbocycles. The summed E-state index contributed by atoms with van der Waals surface area (Å²) in [5, 5.41) is 17.3. The van der Waals surface area contributed by atoms with Gasteiger partial charge in [0, 0.05) is 0 Å². The van der Waals surface area contributed by atoms with Gasteiger partial charge in [0.25, 0.3) is 0 Å². The van der Waals surface area contributed by atoms with Crippen molar-refractivity contribution in [2.45, 2.75) is 0 Å². The van der Waals surface area contributed by atoms with Gasteiger partial charge < -0.3 is 14.9 Å². The summed E-state index contributed by atoms with van der Waals surface area (Å²) in [5.41, 5.74) is 0.743. The molecule has 1 aliphatic heterocycles. The van der Waals surface area contributed by atoms with Crippen molar-refractivity contribution < 1.29 is 14.9 Å². The van der Waals surface area contributed by atoms with E-state index in [0.717, 1.165) is 5.56 Å². The molecule has 0 unspecified atom stereocenters. The molecule has 1 aromatic carbocycles. The van der Waals surface area contributed by atoms with Gasteiger partial charge in [-0.15, -0.1) is 0 Å². The molecule has 56 valence electrons. The minimum atomic E-state index is -0.760. The van der Waals surface area contributed by atoms with Crippen LogP contribution in [0.25, 0.3) is 5.76 Å². The molecule has 11 heavy (non-hydrogen) atoms. The average molecular weight is 150 g/mol. The summed E-state index contributed by atoms with van der Waals surface area (Å²) < 4.78 is 4.93. The largest absolute Gasteiger partial charge is 0.478 e. The standard InChI is InChI=1S/C8H6O3/c9-8(10)7-5-3-1-2-4-6(5)11-7/h1-4,9-10H. The molecular formula is C8H6O3. The zero-order chi connectivity index (χ0) is 7.84. The van der Waals surface area contributed by atoms with Gasteiger partial charge in [0.15, 0.2) is 0 Å². The highest BCUT2D eigenvalue weighted by molar-refractivity contribution is 5.75. The van der Waals surface area contributed by atoms with Crippen molar-refractivity contribution in [3.63, 3.8) is 0 Å². The van der Waals surface area contributed by atoms with Crippen molar-refractivity contribution in [1.29, 1.82) is 0 Å². The third-order valence-electron chi connectivity index (χ3n) is 1.55. The van der Waals surface area contributed by atoms with E-state index in [1.807, 2.05) is 12.1 Å². The first kappa shape index (κ1) is 6.09. The Hall–Kier alpha value is -1.64. The number of hydrogen-bond acceptors (Lipinski definition) is 3. The van der Waals surface area contributed by atoms with Crippen LogP contribution in [0.1, 0.15) is 5.56 Å². The fraction of sp³-hybridized carbons (Fsp3) is 0. The van der Waals surface area contributed by atoms with Crippen molar-refractivity contribution in [2.24, 2.45) is 0 Å². The molecule has 0 spiro atoms. The second-order valence-corrected chi connectivity index (χ2v) is 2.25. The second-order valence-electron chi connectivity index (χ2n) is 2.25. The normalized spacial score (nSPS) is 12.9.